The third-order valence-electron chi connectivity index (χ3n) is 3.62. The van der Waals surface area contributed by atoms with E-state index in [2.05, 4.69) is 12.2 Å². The Balaban J connectivity index is 2.07. The van der Waals surface area contributed by atoms with Crippen LogP contribution in [0.15, 0.2) is 6.07 Å². The fourth-order valence-electron chi connectivity index (χ4n) is 2.47. The van der Waals surface area contributed by atoms with Crippen molar-refractivity contribution in [3.63, 3.8) is 0 Å². The summed E-state index contributed by atoms with van der Waals surface area (Å²) in [5.74, 6) is 0.270. The van der Waals surface area contributed by atoms with Gasteiger partial charge in [0.2, 0.25) is 5.91 Å². The van der Waals surface area contributed by atoms with E-state index in [0.717, 1.165) is 37.1 Å². The molecule has 20 heavy (non-hydrogen) atoms. The monoisotopic (exact) mass is 294 g/mol. The lowest BCUT2D eigenvalue weighted by atomic mass is 9.87. The van der Waals surface area contributed by atoms with E-state index < -0.39 is 0 Å². The molecule has 1 aromatic rings. The largest absolute Gasteiger partial charge is 0.356 e. The van der Waals surface area contributed by atoms with Crippen LogP contribution in [-0.2, 0) is 17.6 Å². The summed E-state index contributed by atoms with van der Waals surface area (Å²) in [6, 6.07) is 1.97. The normalized spacial score (nSPS) is 17.4. The number of hydrogen-bond acceptors (Lipinski definition) is 3. The highest BCUT2D eigenvalue weighted by Crippen LogP contribution is 2.32. The molecule has 0 saturated heterocycles. The highest BCUT2D eigenvalue weighted by atomic mass is 32.1. The molecule has 1 aromatic heterocycles. The molecule has 110 valence electrons. The van der Waals surface area contributed by atoms with Gasteiger partial charge >= 0.3 is 0 Å². The number of nitrogens with zero attached hydrogens (tertiary/aromatic N) is 1. The summed E-state index contributed by atoms with van der Waals surface area (Å²) in [7, 11) is 3.53. The summed E-state index contributed by atoms with van der Waals surface area (Å²) in [6.07, 6.45) is 3.52. The molecule has 2 amide bonds. The van der Waals surface area contributed by atoms with Gasteiger partial charge in [0.05, 0.1) is 4.88 Å². The molecule has 0 spiro atoms. The maximum absolute atomic E-state index is 12.0. The summed E-state index contributed by atoms with van der Waals surface area (Å²) < 4.78 is 0. The van der Waals surface area contributed by atoms with Gasteiger partial charge in [-0.25, -0.2) is 0 Å². The van der Waals surface area contributed by atoms with Crippen molar-refractivity contribution in [1.82, 2.24) is 10.2 Å². The second-order valence-corrected chi connectivity index (χ2v) is 6.63. The van der Waals surface area contributed by atoms with Crippen LogP contribution in [0.3, 0.4) is 0 Å². The molecule has 0 aliphatic heterocycles. The third kappa shape index (κ3) is 3.20. The molecule has 1 N–H and O–H groups in total. The van der Waals surface area contributed by atoms with Crippen LogP contribution in [0, 0.1) is 5.92 Å². The first-order valence-electron chi connectivity index (χ1n) is 7.13. The maximum atomic E-state index is 12.0. The van der Waals surface area contributed by atoms with Gasteiger partial charge in [-0.2, -0.15) is 0 Å². The summed E-state index contributed by atoms with van der Waals surface area (Å²) in [5, 5.41) is 2.97. The molecular weight excluding hydrogens is 272 g/mol. The van der Waals surface area contributed by atoms with Crippen molar-refractivity contribution in [2.45, 2.75) is 32.6 Å². The minimum Gasteiger partial charge on any atom is -0.356 e. The number of hydrogen-bond donors (Lipinski definition) is 1. The van der Waals surface area contributed by atoms with Crippen LogP contribution in [0.2, 0.25) is 0 Å². The van der Waals surface area contributed by atoms with Gasteiger partial charge in [0.15, 0.2) is 0 Å². The standard InChI is InChI=1S/C15H22N2O2S/c1-4-7-16-14(18)10-5-6-12-11(8-10)9-13(20-12)15(19)17(2)3/h9-10H,4-8H2,1-3H3,(H,16,18)/t10-/m0/s1. The van der Waals surface area contributed by atoms with E-state index in [4.69, 9.17) is 0 Å². The molecule has 0 aromatic carbocycles. The zero-order valence-corrected chi connectivity index (χ0v) is 13.2. The molecule has 0 saturated carbocycles. The van der Waals surface area contributed by atoms with Crippen molar-refractivity contribution in [3.8, 4) is 0 Å². The number of amides is 2. The van der Waals surface area contributed by atoms with Crippen molar-refractivity contribution in [2.75, 3.05) is 20.6 Å². The predicted octanol–water partition coefficient (Wildman–Crippen LogP) is 2.08. The van der Waals surface area contributed by atoms with Gasteiger partial charge in [0.1, 0.15) is 0 Å². The van der Waals surface area contributed by atoms with E-state index in [1.165, 1.54) is 10.4 Å². The number of carbonyl (C=O) groups is 2. The van der Waals surface area contributed by atoms with Crippen LogP contribution in [0.4, 0.5) is 0 Å². The average molecular weight is 294 g/mol. The Kier molecular flexibility index (Phi) is 4.81. The fraction of sp³-hybridized carbons (Fsp3) is 0.600. The van der Waals surface area contributed by atoms with Crippen LogP contribution in [-0.4, -0.2) is 37.4 Å². The SMILES string of the molecule is CCCNC(=O)[C@H]1CCc2sc(C(=O)N(C)C)cc2C1. The summed E-state index contributed by atoms with van der Waals surface area (Å²) in [6.45, 7) is 2.80. The van der Waals surface area contributed by atoms with Gasteiger partial charge in [-0.05, 0) is 37.3 Å². The molecule has 0 radical (unpaired) electrons. The van der Waals surface area contributed by atoms with Gasteiger partial charge in [-0.3, -0.25) is 9.59 Å². The first kappa shape index (κ1) is 15.0. The molecule has 4 nitrogen and oxygen atoms in total. The Morgan fingerprint density at radius 3 is 2.85 bits per heavy atom. The molecule has 1 aliphatic rings. The molecule has 5 heteroatoms. The van der Waals surface area contributed by atoms with E-state index in [0.29, 0.717) is 0 Å². The number of aryl methyl sites for hydroxylation is 1. The zero-order chi connectivity index (χ0) is 14.7. The van der Waals surface area contributed by atoms with Crippen molar-refractivity contribution in [1.29, 1.82) is 0 Å². The molecule has 1 atom stereocenters. The van der Waals surface area contributed by atoms with Crippen molar-refractivity contribution in [3.05, 3.63) is 21.4 Å². The molecule has 0 unspecified atom stereocenters. The topological polar surface area (TPSA) is 49.4 Å². The van der Waals surface area contributed by atoms with Crippen LogP contribution in [0.25, 0.3) is 0 Å². The minimum atomic E-state index is 0.0522. The van der Waals surface area contributed by atoms with Gasteiger partial charge in [-0.15, -0.1) is 11.3 Å². The maximum Gasteiger partial charge on any atom is 0.263 e. The van der Waals surface area contributed by atoms with Crippen LogP contribution in [0.5, 0.6) is 0 Å². The summed E-state index contributed by atoms with van der Waals surface area (Å²) in [5.41, 5.74) is 1.18. The van der Waals surface area contributed by atoms with E-state index in [1.54, 1.807) is 30.3 Å². The first-order chi connectivity index (χ1) is 9.52. The lowest BCUT2D eigenvalue weighted by Gasteiger charge is -2.21. The van der Waals surface area contributed by atoms with Crippen LogP contribution >= 0.6 is 11.3 Å². The first-order valence-corrected chi connectivity index (χ1v) is 7.95. The molecule has 2 rings (SSSR count). The fourth-order valence-corrected chi connectivity index (χ4v) is 3.70. The molecular formula is C15H22N2O2S. The Bertz CT molecular complexity index is 508. The molecule has 1 aliphatic carbocycles. The van der Waals surface area contributed by atoms with Crippen molar-refractivity contribution >= 4 is 23.2 Å². The Morgan fingerprint density at radius 1 is 1.45 bits per heavy atom. The summed E-state index contributed by atoms with van der Waals surface area (Å²) >= 11 is 1.58. The second kappa shape index (κ2) is 6.39. The number of carbonyl (C=O) groups excluding carboxylic acids is 2. The van der Waals surface area contributed by atoms with E-state index in [1.807, 2.05) is 6.07 Å². The number of rotatable bonds is 4. The summed E-state index contributed by atoms with van der Waals surface area (Å²) in [4.78, 5) is 27.7. The quantitative estimate of drug-likeness (QED) is 0.924. The number of nitrogens with one attached hydrogen (secondary N) is 1. The third-order valence-corrected chi connectivity index (χ3v) is 4.84. The lowest BCUT2D eigenvalue weighted by Crippen LogP contribution is -2.34. The van der Waals surface area contributed by atoms with Gasteiger partial charge in [0, 0.05) is 31.4 Å². The van der Waals surface area contributed by atoms with Gasteiger partial charge < -0.3 is 10.2 Å². The van der Waals surface area contributed by atoms with Crippen molar-refractivity contribution < 1.29 is 9.59 Å². The minimum absolute atomic E-state index is 0.0522. The van der Waals surface area contributed by atoms with Gasteiger partial charge in [0.25, 0.3) is 5.91 Å². The zero-order valence-electron chi connectivity index (χ0n) is 12.4. The Hall–Kier alpha value is -1.36. The van der Waals surface area contributed by atoms with Crippen LogP contribution in [0.1, 0.15) is 39.9 Å². The Morgan fingerprint density at radius 2 is 2.20 bits per heavy atom. The second-order valence-electron chi connectivity index (χ2n) is 5.49. The van der Waals surface area contributed by atoms with Crippen molar-refractivity contribution in [2.24, 2.45) is 5.92 Å². The number of fused-ring (bicyclic) bond motifs is 1. The smallest absolute Gasteiger partial charge is 0.263 e. The molecule has 0 bridgehead atoms. The average Bonchev–Trinajstić information content (AvgIpc) is 2.86. The molecule has 0 fully saturated rings. The predicted molar refractivity (Wildman–Crippen MR) is 81.2 cm³/mol. The van der Waals surface area contributed by atoms with Gasteiger partial charge in [-0.1, -0.05) is 6.92 Å². The number of thiophene rings is 1. The van der Waals surface area contributed by atoms with E-state index in [9.17, 15) is 9.59 Å². The Labute approximate surface area is 124 Å². The highest BCUT2D eigenvalue weighted by molar-refractivity contribution is 7.14. The lowest BCUT2D eigenvalue weighted by molar-refractivity contribution is -0.125. The van der Waals surface area contributed by atoms with Crippen LogP contribution < -0.4 is 5.32 Å². The highest BCUT2D eigenvalue weighted by Gasteiger charge is 2.27. The van der Waals surface area contributed by atoms with E-state index >= 15 is 0 Å². The molecule has 1 heterocycles. The van der Waals surface area contributed by atoms with E-state index in [-0.39, 0.29) is 17.7 Å².